The molecule has 172 valence electrons. The van der Waals surface area contributed by atoms with Gasteiger partial charge in [-0.15, -0.1) is 0 Å². The summed E-state index contributed by atoms with van der Waals surface area (Å²) in [4.78, 5) is 31.0. The molecule has 1 aromatic heterocycles. The predicted molar refractivity (Wildman–Crippen MR) is 138 cm³/mol. The molecule has 6 rings (SSSR count). The first-order valence-electron chi connectivity index (χ1n) is 11.5. The number of nitrogens with zero attached hydrogens (tertiary/aromatic N) is 1. The van der Waals surface area contributed by atoms with E-state index in [2.05, 4.69) is 40.6 Å². The van der Waals surface area contributed by atoms with Crippen LogP contribution in [0.3, 0.4) is 0 Å². The van der Waals surface area contributed by atoms with Crippen LogP contribution in [0.5, 0.6) is 5.75 Å². The number of aromatic amines is 1. The lowest BCUT2D eigenvalue weighted by molar-refractivity contribution is -0.120. The molecule has 0 saturated carbocycles. The van der Waals surface area contributed by atoms with E-state index in [0.29, 0.717) is 17.1 Å². The van der Waals surface area contributed by atoms with E-state index in [1.54, 1.807) is 7.05 Å². The Hall–Kier alpha value is -4.58. The number of likely N-dealkylation sites (N-methyl/N-ethyl adjacent to an activating group) is 1. The molecule has 1 aliphatic rings. The van der Waals surface area contributed by atoms with Gasteiger partial charge in [0, 0.05) is 18.0 Å². The molecule has 6 nitrogen and oxygen atoms in total. The van der Waals surface area contributed by atoms with E-state index in [0.717, 1.165) is 27.4 Å². The average Bonchev–Trinajstić information content (AvgIpc) is 3.30. The number of nitrogens with one attached hydrogen (secondary N) is 2. The quantitative estimate of drug-likeness (QED) is 0.391. The van der Waals surface area contributed by atoms with E-state index in [1.807, 2.05) is 60.7 Å². The Morgan fingerprint density at radius 2 is 1.69 bits per heavy atom. The second kappa shape index (κ2) is 8.33. The number of ether oxygens (including phenoxy) is 1. The molecule has 2 heterocycles. The third kappa shape index (κ3) is 3.69. The summed E-state index contributed by atoms with van der Waals surface area (Å²) in [6.45, 7) is 0.0640. The zero-order valence-corrected chi connectivity index (χ0v) is 19.1. The fraction of sp³-hybridized carbons (Fsp3) is 0.103. The number of hydrogen-bond donors (Lipinski definition) is 2. The molecule has 2 N–H and O–H groups in total. The van der Waals surface area contributed by atoms with Crippen molar-refractivity contribution in [1.29, 1.82) is 0 Å². The lowest BCUT2D eigenvalue weighted by Crippen LogP contribution is -2.49. The van der Waals surface area contributed by atoms with Gasteiger partial charge >= 0.3 is 0 Å². The smallest absolute Gasteiger partial charge is 0.268 e. The summed E-state index contributed by atoms with van der Waals surface area (Å²) in [6.07, 6.45) is 0. The number of amides is 2. The van der Waals surface area contributed by atoms with E-state index >= 15 is 0 Å². The fourth-order valence-corrected chi connectivity index (χ4v) is 4.67. The standard InChI is InChI=1S/C29H23N3O3/c1-32-25-11-4-5-12-26(25)35-17-24(29(32)34)31-28(33)23-16-21-9-6-10-22(27(21)30-23)20-14-13-18-7-2-3-8-19(18)15-20/h2-16,24,30H,17H2,1H3,(H,31,33)/t24-/m0/s1. The van der Waals surface area contributed by atoms with Crippen molar-refractivity contribution in [3.05, 3.63) is 96.7 Å². The first-order valence-corrected chi connectivity index (χ1v) is 11.5. The van der Waals surface area contributed by atoms with Gasteiger partial charge in [0.1, 0.15) is 24.1 Å². The molecule has 0 bridgehead atoms. The molecule has 4 aromatic carbocycles. The highest BCUT2D eigenvalue weighted by molar-refractivity contribution is 6.06. The Bertz CT molecular complexity index is 1600. The molecule has 0 unspecified atom stereocenters. The highest BCUT2D eigenvalue weighted by Gasteiger charge is 2.31. The number of benzene rings is 4. The Kier molecular flexibility index (Phi) is 4.99. The minimum absolute atomic E-state index is 0.0640. The van der Waals surface area contributed by atoms with Gasteiger partial charge in [-0.05, 0) is 40.6 Å². The second-order valence-corrected chi connectivity index (χ2v) is 8.72. The monoisotopic (exact) mass is 461 g/mol. The maximum atomic E-state index is 13.2. The molecule has 5 aromatic rings. The van der Waals surface area contributed by atoms with Crippen LogP contribution in [-0.4, -0.2) is 36.5 Å². The molecule has 0 radical (unpaired) electrons. The van der Waals surface area contributed by atoms with Crippen molar-refractivity contribution in [2.24, 2.45) is 0 Å². The van der Waals surface area contributed by atoms with Crippen molar-refractivity contribution in [1.82, 2.24) is 10.3 Å². The number of para-hydroxylation sites is 3. The summed E-state index contributed by atoms with van der Waals surface area (Å²) < 4.78 is 5.82. The topological polar surface area (TPSA) is 74.4 Å². The molecule has 35 heavy (non-hydrogen) atoms. The SMILES string of the molecule is CN1C(=O)[C@@H](NC(=O)c2cc3cccc(-c4ccc5ccccc5c4)c3[nH]2)COc2ccccc21. The van der Waals surface area contributed by atoms with Crippen LogP contribution in [0.1, 0.15) is 10.5 Å². The molecular weight excluding hydrogens is 438 g/mol. The number of aromatic nitrogens is 1. The number of H-pyrrole nitrogens is 1. The summed E-state index contributed by atoms with van der Waals surface area (Å²) in [5, 5.41) is 6.11. The Labute approximate surface area is 202 Å². The molecular formula is C29H23N3O3. The lowest BCUT2D eigenvalue weighted by atomic mass is 10.00. The average molecular weight is 462 g/mol. The van der Waals surface area contributed by atoms with E-state index in [-0.39, 0.29) is 18.4 Å². The zero-order chi connectivity index (χ0) is 23.9. The largest absolute Gasteiger partial charge is 0.489 e. The first-order chi connectivity index (χ1) is 17.1. The number of rotatable bonds is 3. The number of fused-ring (bicyclic) bond motifs is 3. The van der Waals surface area contributed by atoms with Gasteiger partial charge in [-0.2, -0.15) is 0 Å². The fourth-order valence-electron chi connectivity index (χ4n) is 4.67. The van der Waals surface area contributed by atoms with Crippen molar-refractivity contribution in [2.45, 2.75) is 6.04 Å². The van der Waals surface area contributed by atoms with Gasteiger partial charge in [-0.3, -0.25) is 9.59 Å². The number of carbonyl (C=O) groups excluding carboxylic acids is 2. The van der Waals surface area contributed by atoms with Gasteiger partial charge in [0.2, 0.25) is 0 Å². The van der Waals surface area contributed by atoms with Crippen molar-refractivity contribution < 1.29 is 14.3 Å². The zero-order valence-electron chi connectivity index (χ0n) is 19.1. The van der Waals surface area contributed by atoms with Gasteiger partial charge in [0.15, 0.2) is 0 Å². The summed E-state index contributed by atoms with van der Waals surface area (Å²) >= 11 is 0. The van der Waals surface area contributed by atoms with E-state index < -0.39 is 6.04 Å². The maximum Gasteiger partial charge on any atom is 0.268 e. The van der Waals surface area contributed by atoms with Crippen LogP contribution in [0.4, 0.5) is 5.69 Å². The Morgan fingerprint density at radius 3 is 2.57 bits per heavy atom. The summed E-state index contributed by atoms with van der Waals surface area (Å²) in [5.41, 5.74) is 4.03. The number of carbonyl (C=O) groups is 2. The maximum absolute atomic E-state index is 13.2. The molecule has 0 saturated heterocycles. The van der Waals surface area contributed by atoms with Crippen molar-refractivity contribution >= 4 is 39.2 Å². The van der Waals surface area contributed by atoms with Crippen LogP contribution in [0.25, 0.3) is 32.8 Å². The predicted octanol–water partition coefficient (Wildman–Crippen LogP) is 5.14. The van der Waals surface area contributed by atoms with E-state index in [1.165, 1.54) is 10.3 Å². The minimum Gasteiger partial charge on any atom is -0.489 e. The highest BCUT2D eigenvalue weighted by atomic mass is 16.5. The molecule has 1 aliphatic heterocycles. The third-order valence-corrected chi connectivity index (χ3v) is 6.53. The van der Waals surface area contributed by atoms with Gasteiger partial charge in [0.25, 0.3) is 11.8 Å². The van der Waals surface area contributed by atoms with Gasteiger partial charge in [0.05, 0.1) is 11.2 Å². The van der Waals surface area contributed by atoms with Crippen LogP contribution >= 0.6 is 0 Å². The molecule has 0 aliphatic carbocycles. The Morgan fingerprint density at radius 1 is 0.914 bits per heavy atom. The molecule has 2 amide bonds. The van der Waals surface area contributed by atoms with Crippen LogP contribution in [0.2, 0.25) is 0 Å². The van der Waals surface area contributed by atoms with Crippen molar-refractivity contribution in [3.63, 3.8) is 0 Å². The van der Waals surface area contributed by atoms with Crippen LogP contribution in [-0.2, 0) is 4.79 Å². The van der Waals surface area contributed by atoms with E-state index in [9.17, 15) is 9.59 Å². The number of hydrogen-bond acceptors (Lipinski definition) is 3. The van der Waals surface area contributed by atoms with Crippen LogP contribution in [0, 0.1) is 0 Å². The lowest BCUT2D eigenvalue weighted by Gasteiger charge is -2.20. The molecule has 0 fully saturated rings. The summed E-state index contributed by atoms with van der Waals surface area (Å²) in [6, 6.07) is 28.9. The van der Waals surface area contributed by atoms with Gasteiger partial charge in [-0.25, -0.2) is 0 Å². The summed E-state index contributed by atoms with van der Waals surface area (Å²) in [7, 11) is 1.69. The van der Waals surface area contributed by atoms with E-state index in [4.69, 9.17) is 4.74 Å². The molecule has 6 heteroatoms. The minimum atomic E-state index is -0.800. The first kappa shape index (κ1) is 21.0. The normalized spacial score (nSPS) is 15.5. The Balaban J connectivity index is 1.30. The molecule has 1 atom stereocenters. The van der Waals surface area contributed by atoms with Crippen molar-refractivity contribution in [3.8, 4) is 16.9 Å². The second-order valence-electron chi connectivity index (χ2n) is 8.72. The number of anilines is 1. The van der Waals surface area contributed by atoms with Crippen LogP contribution < -0.4 is 15.0 Å². The van der Waals surface area contributed by atoms with Gasteiger partial charge in [-0.1, -0.05) is 66.7 Å². The highest BCUT2D eigenvalue weighted by Crippen LogP contribution is 2.32. The van der Waals surface area contributed by atoms with Crippen molar-refractivity contribution in [2.75, 3.05) is 18.6 Å². The van der Waals surface area contributed by atoms with Gasteiger partial charge < -0.3 is 19.9 Å². The third-order valence-electron chi connectivity index (χ3n) is 6.53. The summed E-state index contributed by atoms with van der Waals surface area (Å²) in [5.74, 6) is 0.0361. The van der Waals surface area contributed by atoms with Crippen LogP contribution in [0.15, 0.2) is 91.0 Å². The molecule has 0 spiro atoms.